The van der Waals surface area contributed by atoms with Gasteiger partial charge in [-0.05, 0) is 38.0 Å². The summed E-state index contributed by atoms with van der Waals surface area (Å²) >= 11 is 1.45. The van der Waals surface area contributed by atoms with Crippen LogP contribution >= 0.6 is 11.8 Å². The van der Waals surface area contributed by atoms with Gasteiger partial charge in [-0.2, -0.15) is 0 Å². The van der Waals surface area contributed by atoms with Gasteiger partial charge in [-0.15, -0.1) is 0 Å². The summed E-state index contributed by atoms with van der Waals surface area (Å²) in [5.74, 6) is 0.251. The zero-order chi connectivity index (χ0) is 18.8. The van der Waals surface area contributed by atoms with Gasteiger partial charge in [-0.1, -0.05) is 30.8 Å². The van der Waals surface area contributed by atoms with Crippen LogP contribution in [0.1, 0.15) is 38.8 Å². The first-order valence-corrected chi connectivity index (χ1v) is 9.50. The lowest BCUT2D eigenvalue weighted by molar-refractivity contribution is -0.137. The number of methoxy groups -OCH3 is 1. The van der Waals surface area contributed by atoms with E-state index in [-0.39, 0.29) is 11.2 Å². The molecule has 1 saturated heterocycles. The second-order valence-corrected chi connectivity index (χ2v) is 7.18. The second-order valence-electron chi connectivity index (χ2n) is 6.01. The Labute approximate surface area is 157 Å². The van der Waals surface area contributed by atoms with Crippen molar-refractivity contribution in [1.29, 1.82) is 0 Å². The molecule has 6 nitrogen and oxygen atoms in total. The Kier molecular flexibility index (Phi) is 5.36. The molecule has 2 aliphatic rings. The highest BCUT2D eigenvalue weighted by atomic mass is 32.2. The minimum atomic E-state index is -0.540. The number of allylic oxidation sites excluding steroid dienone is 1. The Balaban J connectivity index is 2.08. The molecule has 0 saturated carbocycles. The molecule has 26 heavy (non-hydrogen) atoms. The maximum atomic E-state index is 12.9. The van der Waals surface area contributed by atoms with Crippen LogP contribution in [0.4, 0.5) is 0 Å². The zero-order valence-electron chi connectivity index (χ0n) is 15.3. The van der Waals surface area contributed by atoms with Crippen molar-refractivity contribution in [2.75, 3.05) is 13.7 Å². The smallest absolute Gasteiger partial charge is 0.338 e. The first-order valence-electron chi connectivity index (χ1n) is 8.62. The number of hydrogen-bond acceptors (Lipinski definition) is 6. The topological polar surface area (TPSA) is 68.2 Å². The van der Waals surface area contributed by atoms with Crippen molar-refractivity contribution in [3.63, 3.8) is 0 Å². The number of benzene rings is 1. The van der Waals surface area contributed by atoms with Crippen LogP contribution in [-0.2, 0) is 14.3 Å². The lowest BCUT2D eigenvalue weighted by Crippen LogP contribution is -2.40. The standard InChI is InChI=1S/C19H22N2O4S/c1-5-14-17(22)21-16(12-7-9-13(10-8-12)25-6-2)15(18(23)24-4)11(3)20-19(21)26-14/h7-10,14,16H,5-6H2,1-4H3/t14-,16-/m1/s1. The minimum Gasteiger partial charge on any atom is -0.494 e. The number of thioether (sulfide) groups is 1. The van der Waals surface area contributed by atoms with E-state index in [9.17, 15) is 9.59 Å². The van der Waals surface area contributed by atoms with E-state index in [0.29, 0.717) is 29.5 Å². The zero-order valence-corrected chi connectivity index (χ0v) is 16.1. The summed E-state index contributed by atoms with van der Waals surface area (Å²) in [6, 6.07) is 6.92. The molecule has 1 amide bonds. The predicted octanol–water partition coefficient (Wildman–Crippen LogP) is 3.30. The fourth-order valence-corrected chi connectivity index (χ4v) is 4.32. The van der Waals surface area contributed by atoms with Crippen LogP contribution in [0.3, 0.4) is 0 Å². The molecular weight excluding hydrogens is 352 g/mol. The van der Waals surface area contributed by atoms with Crippen molar-refractivity contribution in [2.45, 2.75) is 38.5 Å². The van der Waals surface area contributed by atoms with Gasteiger partial charge in [-0.3, -0.25) is 9.69 Å². The molecular formula is C19H22N2O4S. The van der Waals surface area contributed by atoms with Gasteiger partial charge in [0.1, 0.15) is 5.75 Å². The minimum absolute atomic E-state index is 0.0240. The summed E-state index contributed by atoms with van der Waals surface area (Å²) in [5, 5.41) is 0.467. The molecule has 0 bridgehead atoms. The van der Waals surface area contributed by atoms with E-state index < -0.39 is 12.0 Å². The molecule has 7 heteroatoms. The summed E-state index contributed by atoms with van der Waals surface area (Å²) < 4.78 is 10.5. The third-order valence-corrected chi connectivity index (χ3v) is 5.75. The third kappa shape index (κ3) is 3.11. The molecule has 1 fully saturated rings. The van der Waals surface area contributed by atoms with Crippen LogP contribution < -0.4 is 4.74 Å². The number of ether oxygens (including phenoxy) is 2. The lowest BCUT2D eigenvalue weighted by atomic mass is 9.94. The number of amidine groups is 1. The third-order valence-electron chi connectivity index (χ3n) is 4.43. The molecule has 0 spiro atoms. The molecule has 3 rings (SSSR count). The van der Waals surface area contributed by atoms with E-state index in [2.05, 4.69) is 4.99 Å². The van der Waals surface area contributed by atoms with Crippen molar-refractivity contribution >= 4 is 28.8 Å². The molecule has 1 aromatic rings. The Morgan fingerprint density at radius 3 is 2.54 bits per heavy atom. The lowest BCUT2D eigenvalue weighted by Gasteiger charge is -2.32. The van der Waals surface area contributed by atoms with Crippen LogP contribution in [0.5, 0.6) is 5.75 Å². The summed E-state index contributed by atoms with van der Waals surface area (Å²) in [5.41, 5.74) is 1.80. The van der Waals surface area contributed by atoms with Gasteiger partial charge in [0.15, 0.2) is 5.17 Å². The summed E-state index contributed by atoms with van der Waals surface area (Å²) in [7, 11) is 1.34. The number of amides is 1. The average Bonchev–Trinajstić information content (AvgIpc) is 2.96. The van der Waals surface area contributed by atoms with Crippen LogP contribution in [-0.4, -0.2) is 40.9 Å². The first kappa shape index (κ1) is 18.5. The average molecular weight is 374 g/mol. The maximum Gasteiger partial charge on any atom is 0.338 e. The molecule has 1 aromatic carbocycles. The number of aliphatic imine (C=N–C) groups is 1. The van der Waals surface area contributed by atoms with Crippen LogP contribution in [0.2, 0.25) is 0 Å². The maximum absolute atomic E-state index is 12.9. The van der Waals surface area contributed by atoms with Crippen molar-refractivity contribution in [2.24, 2.45) is 4.99 Å². The Bertz CT molecular complexity index is 785. The van der Waals surface area contributed by atoms with E-state index >= 15 is 0 Å². The van der Waals surface area contributed by atoms with E-state index in [4.69, 9.17) is 9.47 Å². The van der Waals surface area contributed by atoms with Crippen LogP contribution in [0.15, 0.2) is 40.5 Å². The number of esters is 1. The van der Waals surface area contributed by atoms with Crippen molar-refractivity contribution < 1.29 is 19.1 Å². The summed E-state index contributed by atoms with van der Waals surface area (Å²) in [6.07, 6.45) is 0.710. The molecule has 2 aliphatic heterocycles. The number of nitrogens with zero attached hydrogens (tertiary/aromatic N) is 2. The van der Waals surface area contributed by atoms with Crippen molar-refractivity contribution in [3.8, 4) is 5.75 Å². The number of carbonyl (C=O) groups is 2. The highest BCUT2D eigenvalue weighted by Gasteiger charge is 2.47. The monoisotopic (exact) mass is 374 g/mol. The van der Waals surface area contributed by atoms with E-state index in [1.807, 2.05) is 38.1 Å². The SMILES string of the molecule is CCOc1ccc([C@@H]2C(C(=O)OC)=C(C)N=C3S[C@H](CC)C(=O)N32)cc1. The van der Waals surface area contributed by atoms with Gasteiger partial charge in [0.25, 0.3) is 0 Å². The molecule has 0 radical (unpaired) electrons. The number of hydrogen-bond donors (Lipinski definition) is 0. The summed E-state index contributed by atoms with van der Waals surface area (Å²) in [4.78, 5) is 31.5. The van der Waals surface area contributed by atoms with E-state index in [0.717, 1.165) is 11.3 Å². The largest absolute Gasteiger partial charge is 0.494 e. The molecule has 0 aliphatic carbocycles. The highest BCUT2D eigenvalue weighted by molar-refractivity contribution is 8.15. The molecule has 0 aromatic heterocycles. The molecule has 0 N–H and O–H groups in total. The number of carbonyl (C=O) groups excluding carboxylic acids is 2. The summed E-state index contributed by atoms with van der Waals surface area (Å²) in [6.45, 7) is 6.25. The van der Waals surface area contributed by atoms with Crippen molar-refractivity contribution in [1.82, 2.24) is 4.90 Å². The Hall–Kier alpha value is -2.28. The molecule has 2 atom stereocenters. The Morgan fingerprint density at radius 1 is 1.27 bits per heavy atom. The molecule has 138 valence electrons. The first-order chi connectivity index (χ1) is 12.5. The van der Waals surface area contributed by atoms with Crippen LogP contribution in [0.25, 0.3) is 0 Å². The van der Waals surface area contributed by atoms with Gasteiger partial charge in [0, 0.05) is 0 Å². The predicted molar refractivity (Wildman–Crippen MR) is 101 cm³/mol. The van der Waals surface area contributed by atoms with Gasteiger partial charge < -0.3 is 9.47 Å². The quantitative estimate of drug-likeness (QED) is 0.740. The number of rotatable bonds is 5. The van der Waals surface area contributed by atoms with Crippen molar-refractivity contribution in [3.05, 3.63) is 41.1 Å². The fraction of sp³-hybridized carbons (Fsp3) is 0.421. The highest BCUT2D eigenvalue weighted by Crippen LogP contribution is 2.44. The van der Waals surface area contributed by atoms with Gasteiger partial charge >= 0.3 is 5.97 Å². The van der Waals surface area contributed by atoms with Gasteiger partial charge in [0.2, 0.25) is 5.91 Å². The fourth-order valence-electron chi connectivity index (χ4n) is 3.19. The Morgan fingerprint density at radius 2 is 1.96 bits per heavy atom. The normalized spacial score (nSPS) is 22.2. The number of fused-ring (bicyclic) bond motifs is 1. The van der Waals surface area contributed by atoms with Gasteiger partial charge in [-0.25, -0.2) is 9.79 Å². The molecule has 2 heterocycles. The van der Waals surface area contributed by atoms with E-state index in [1.54, 1.807) is 11.8 Å². The van der Waals surface area contributed by atoms with Gasteiger partial charge in [0.05, 0.1) is 36.3 Å². The van der Waals surface area contributed by atoms with E-state index in [1.165, 1.54) is 18.9 Å². The molecule has 0 unspecified atom stereocenters. The van der Waals surface area contributed by atoms with Crippen LogP contribution in [0, 0.1) is 0 Å². The second kappa shape index (κ2) is 7.53.